The first-order valence-corrected chi connectivity index (χ1v) is 9.67. The lowest BCUT2D eigenvalue weighted by Crippen LogP contribution is -2.28. The van der Waals surface area contributed by atoms with Crippen molar-refractivity contribution < 1.29 is 9.47 Å². The van der Waals surface area contributed by atoms with Crippen LogP contribution in [0.4, 0.5) is 0 Å². The van der Waals surface area contributed by atoms with E-state index in [1.165, 1.54) is 57.8 Å². The van der Waals surface area contributed by atoms with Crippen LogP contribution in [0.25, 0.3) is 0 Å². The van der Waals surface area contributed by atoms with E-state index in [9.17, 15) is 0 Å². The number of hydrogen-bond donors (Lipinski definition) is 0. The quantitative estimate of drug-likeness (QED) is 0.520. The molecule has 0 radical (unpaired) electrons. The average Bonchev–Trinajstić information content (AvgIpc) is 2.59. The van der Waals surface area contributed by atoms with Crippen LogP contribution in [0.15, 0.2) is 25.3 Å². The SMILES string of the molecule is C=CCOC1CCC(CC(C)C2CCC(OCC=C)CC2)CC1. The van der Waals surface area contributed by atoms with Crippen LogP contribution in [0.5, 0.6) is 0 Å². The molecule has 2 saturated carbocycles. The molecule has 1 atom stereocenters. The molecule has 0 saturated heterocycles. The minimum Gasteiger partial charge on any atom is -0.374 e. The van der Waals surface area contributed by atoms with Gasteiger partial charge in [0.15, 0.2) is 0 Å². The van der Waals surface area contributed by atoms with E-state index in [0.29, 0.717) is 25.4 Å². The summed E-state index contributed by atoms with van der Waals surface area (Å²) in [6.07, 6.45) is 16.5. The first kappa shape index (κ1) is 18.7. The molecule has 2 heteroatoms. The summed E-state index contributed by atoms with van der Waals surface area (Å²) in [5.41, 5.74) is 0. The van der Waals surface area contributed by atoms with E-state index in [0.717, 1.165) is 17.8 Å². The molecule has 23 heavy (non-hydrogen) atoms. The van der Waals surface area contributed by atoms with Crippen LogP contribution in [0.2, 0.25) is 0 Å². The largest absolute Gasteiger partial charge is 0.374 e. The fraction of sp³-hybridized carbons (Fsp3) is 0.810. The van der Waals surface area contributed by atoms with Gasteiger partial charge in [0.25, 0.3) is 0 Å². The minimum absolute atomic E-state index is 0.480. The standard InChI is InChI=1S/C21H36O2/c1-4-14-22-20-10-6-18(7-11-20)16-17(3)19-8-12-21(13-9-19)23-15-5-2/h4-5,17-21H,1-2,6-16H2,3H3. The highest BCUT2D eigenvalue weighted by Crippen LogP contribution is 2.38. The van der Waals surface area contributed by atoms with Crippen LogP contribution in [0.3, 0.4) is 0 Å². The van der Waals surface area contributed by atoms with Crippen molar-refractivity contribution in [1.29, 1.82) is 0 Å². The van der Waals surface area contributed by atoms with Crippen LogP contribution in [-0.4, -0.2) is 25.4 Å². The highest BCUT2D eigenvalue weighted by molar-refractivity contribution is 4.81. The summed E-state index contributed by atoms with van der Waals surface area (Å²) >= 11 is 0. The molecule has 0 amide bonds. The molecule has 2 aliphatic carbocycles. The van der Waals surface area contributed by atoms with Gasteiger partial charge in [-0.25, -0.2) is 0 Å². The Balaban J connectivity index is 1.63. The van der Waals surface area contributed by atoms with Gasteiger partial charge in [-0.3, -0.25) is 0 Å². The van der Waals surface area contributed by atoms with Gasteiger partial charge in [0, 0.05) is 0 Å². The Hall–Kier alpha value is -0.600. The molecule has 0 aromatic rings. The molecule has 2 nitrogen and oxygen atoms in total. The Bertz CT molecular complexity index is 336. The fourth-order valence-electron chi connectivity index (χ4n) is 4.49. The van der Waals surface area contributed by atoms with Crippen LogP contribution in [0.1, 0.15) is 64.7 Å². The van der Waals surface area contributed by atoms with E-state index < -0.39 is 0 Å². The van der Waals surface area contributed by atoms with Gasteiger partial charge < -0.3 is 9.47 Å². The highest BCUT2D eigenvalue weighted by Gasteiger charge is 2.29. The molecular weight excluding hydrogens is 284 g/mol. The van der Waals surface area contributed by atoms with Gasteiger partial charge in [0.05, 0.1) is 25.4 Å². The second kappa shape index (κ2) is 10.3. The van der Waals surface area contributed by atoms with Crippen molar-refractivity contribution in [3.05, 3.63) is 25.3 Å². The molecule has 0 spiro atoms. The zero-order chi connectivity index (χ0) is 16.5. The van der Waals surface area contributed by atoms with Crippen LogP contribution >= 0.6 is 0 Å². The molecule has 2 aliphatic rings. The monoisotopic (exact) mass is 320 g/mol. The maximum Gasteiger partial charge on any atom is 0.0648 e. The maximum absolute atomic E-state index is 5.82. The van der Waals surface area contributed by atoms with Gasteiger partial charge in [-0.2, -0.15) is 0 Å². The third-order valence-electron chi connectivity index (χ3n) is 5.92. The van der Waals surface area contributed by atoms with E-state index in [1.54, 1.807) is 0 Å². The molecular formula is C21H36O2. The lowest BCUT2D eigenvalue weighted by atomic mass is 9.73. The normalized spacial score (nSPS) is 33.1. The summed E-state index contributed by atoms with van der Waals surface area (Å²) in [5.74, 6) is 2.70. The molecule has 132 valence electrons. The Morgan fingerprint density at radius 2 is 1.30 bits per heavy atom. The predicted octanol–water partition coefficient (Wildman–Crippen LogP) is 5.54. The van der Waals surface area contributed by atoms with Crippen molar-refractivity contribution in [2.45, 2.75) is 76.9 Å². The Kier molecular flexibility index (Phi) is 8.39. The Morgan fingerprint density at radius 1 is 0.826 bits per heavy atom. The van der Waals surface area contributed by atoms with E-state index >= 15 is 0 Å². The van der Waals surface area contributed by atoms with Crippen LogP contribution in [0, 0.1) is 17.8 Å². The summed E-state index contributed by atoms with van der Waals surface area (Å²) in [5, 5.41) is 0. The molecule has 1 unspecified atom stereocenters. The van der Waals surface area contributed by atoms with Crippen LogP contribution in [-0.2, 0) is 9.47 Å². The topological polar surface area (TPSA) is 18.5 Å². The lowest BCUT2D eigenvalue weighted by molar-refractivity contribution is 0.0180. The minimum atomic E-state index is 0.480. The van der Waals surface area contributed by atoms with Gasteiger partial charge in [-0.1, -0.05) is 19.1 Å². The zero-order valence-corrected chi connectivity index (χ0v) is 15.1. The third-order valence-corrected chi connectivity index (χ3v) is 5.92. The summed E-state index contributed by atoms with van der Waals surface area (Å²) in [7, 11) is 0. The van der Waals surface area contributed by atoms with E-state index in [1.807, 2.05) is 12.2 Å². The van der Waals surface area contributed by atoms with Gasteiger partial charge in [0.1, 0.15) is 0 Å². The molecule has 0 N–H and O–H groups in total. The Labute approximate surface area is 143 Å². The summed E-state index contributed by atoms with van der Waals surface area (Å²) < 4.78 is 11.6. The van der Waals surface area contributed by atoms with Gasteiger partial charge in [-0.05, 0) is 75.5 Å². The fourth-order valence-corrected chi connectivity index (χ4v) is 4.49. The van der Waals surface area contributed by atoms with E-state index in [-0.39, 0.29) is 0 Å². The molecule has 0 bridgehead atoms. The summed E-state index contributed by atoms with van der Waals surface area (Å²) in [6.45, 7) is 11.4. The molecule has 2 rings (SSSR count). The third kappa shape index (κ3) is 6.43. The second-order valence-electron chi connectivity index (χ2n) is 7.64. The number of rotatable bonds is 9. The number of ether oxygens (including phenoxy) is 2. The van der Waals surface area contributed by atoms with Gasteiger partial charge in [0.2, 0.25) is 0 Å². The smallest absolute Gasteiger partial charge is 0.0648 e. The van der Waals surface area contributed by atoms with Gasteiger partial charge in [-0.15, -0.1) is 13.2 Å². The molecule has 2 fully saturated rings. The van der Waals surface area contributed by atoms with Crippen molar-refractivity contribution in [2.75, 3.05) is 13.2 Å². The summed E-state index contributed by atoms with van der Waals surface area (Å²) in [4.78, 5) is 0. The van der Waals surface area contributed by atoms with Crippen molar-refractivity contribution >= 4 is 0 Å². The molecule has 0 aromatic carbocycles. The van der Waals surface area contributed by atoms with E-state index in [4.69, 9.17) is 9.47 Å². The molecule has 0 aliphatic heterocycles. The molecule has 0 heterocycles. The van der Waals surface area contributed by atoms with Crippen molar-refractivity contribution in [2.24, 2.45) is 17.8 Å². The first-order valence-electron chi connectivity index (χ1n) is 9.67. The maximum atomic E-state index is 5.82. The second-order valence-corrected chi connectivity index (χ2v) is 7.64. The van der Waals surface area contributed by atoms with Crippen molar-refractivity contribution in [3.8, 4) is 0 Å². The highest BCUT2D eigenvalue weighted by atomic mass is 16.5. The average molecular weight is 321 g/mol. The van der Waals surface area contributed by atoms with Crippen molar-refractivity contribution in [1.82, 2.24) is 0 Å². The zero-order valence-electron chi connectivity index (χ0n) is 15.1. The molecule has 0 aromatic heterocycles. The summed E-state index contributed by atoms with van der Waals surface area (Å²) in [6, 6.07) is 0. The van der Waals surface area contributed by atoms with Gasteiger partial charge >= 0.3 is 0 Å². The van der Waals surface area contributed by atoms with E-state index in [2.05, 4.69) is 20.1 Å². The number of hydrogen-bond acceptors (Lipinski definition) is 2. The lowest BCUT2D eigenvalue weighted by Gasteiger charge is -2.35. The predicted molar refractivity (Wildman–Crippen MR) is 97.6 cm³/mol. The first-order chi connectivity index (χ1) is 11.2. The van der Waals surface area contributed by atoms with Crippen LogP contribution < -0.4 is 0 Å². The Morgan fingerprint density at radius 3 is 1.78 bits per heavy atom. The van der Waals surface area contributed by atoms with Crippen molar-refractivity contribution in [3.63, 3.8) is 0 Å².